The molecule has 2 rings (SSSR count). The number of thiophene rings is 1. The highest BCUT2D eigenvalue weighted by atomic mass is 35.5. The minimum Gasteiger partial charge on any atom is -0.356 e. The molecule has 0 amide bonds. The Labute approximate surface area is 110 Å². The van der Waals surface area contributed by atoms with Gasteiger partial charge in [-0.05, 0) is 32.9 Å². The normalized spacial score (nSPS) is 12.7. The SMILES string of the molecule is CCNc1nc(C)cn1C(C)c1ccc(Cl)s1. The van der Waals surface area contributed by atoms with Crippen LogP contribution in [0.4, 0.5) is 5.95 Å². The molecule has 0 radical (unpaired) electrons. The third-order valence-electron chi connectivity index (χ3n) is 2.61. The highest BCUT2D eigenvalue weighted by molar-refractivity contribution is 7.16. The molecule has 1 unspecified atom stereocenters. The van der Waals surface area contributed by atoms with Gasteiger partial charge in [-0.1, -0.05) is 11.6 Å². The maximum absolute atomic E-state index is 5.98. The van der Waals surface area contributed by atoms with E-state index in [1.165, 1.54) is 4.88 Å². The summed E-state index contributed by atoms with van der Waals surface area (Å²) >= 11 is 7.59. The van der Waals surface area contributed by atoms with Gasteiger partial charge in [-0.3, -0.25) is 0 Å². The number of anilines is 1. The lowest BCUT2D eigenvalue weighted by atomic mass is 10.3. The molecule has 1 N–H and O–H groups in total. The highest BCUT2D eigenvalue weighted by Crippen LogP contribution is 2.30. The zero-order valence-electron chi connectivity index (χ0n) is 10.2. The Hall–Kier alpha value is -1.000. The van der Waals surface area contributed by atoms with Crippen LogP contribution in [0, 0.1) is 6.92 Å². The molecule has 0 bridgehead atoms. The number of nitrogens with one attached hydrogen (secondary N) is 1. The molecule has 92 valence electrons. The number of aryl methyl sites for hydroxylation is 1. The third kappa shape index (κ3) is 2.64. The average Bonchev–Trinajstić information content (AvgIpc) is 2.85. The van der Waals surface area contributed by atoms with Crippen LogP contribution in [0.15, 0.2) is 18.3 Å². The molecule has 0 saturated heterocycles. The molecule has 2 aromatic rings. The Bertz CT molecular complexity index is 504. The Morgan fingerprint density at radius 2 is 2.29 bits per heavy atom. The molecule has 1 atom stereocenters. The van der Waals surface area contributed by atoms with E-state index in [2.05, 4.69) is 41.0 Å². The van der Waals surface area contributed by atoms with E-state index in [0.29, 0.717) is 0 Å². The molecule has 0 aliphatic heterocycles. The summed E-state index contributed by atoms with van der Waals surface area (Å²) in [5, 5.41) is 3.28. The van der Waals surface area contributed by atoms with Crippen molar-refractivity contribution in [2.24, 2.45) is 0 Å². The molecular formula is C12H16ClN3S. The van der Waals surface area contributed by atoms with Crippen LogP contribution in [-0.2, 0) is 0 Å². The standard InChI is InChI=1S/C12H16ClN3S/c1-4-14-12-15-8(2)7-16(12)9(3)10-5-6-11(13)17-10/h5-7,9H,4H2,1-3H3,(H,14,15). The molecule has 5 heteroatoms. The zero-order valence-corrected chi connectivity index (χ0v) is 11.8. The Kier molecular flexibility index (Phi) is 3.74. The largest absolute Gasteiger partial charge is 0.356 e. The van der Waals surface area contributed by atoms with Crippen molar-refractivity contribution in [1.29, 1.82) is 0 Å². The molecule has 0 fully saturated rings. The van der Waals surface area contributed by atoms with Gasteiger partial charge in [-0.15, -0.1) is 11.3 Å². The van der Waals surface area contributed by atoms with Crippen LogP contribution < -0.4 is 5.32 Å². The fourth-order valence-corrected chi connectivity index (χ4v) is 2.90. The lowest BCUT2D eigenvalue weighted by Gasteiger charge is -2.15. The van der Waals surface area contributed by atoms with Gasteiger partial charge in [0.15, 0.2) is 0 Å². The first-order valence-electron chi connectivity index (χ1n) is 5.66. The summed E-state index contributed by atoms with van der Waals surface area (Å²) in [6, 6.07) is 4.26. The minimum atomic E-state index is 0.253. The molecule has 0 aliphatic rings. The number of imidazole rings is 1. The van der Waals surface area contributed by atoms with Crippen LogP contribution in [0.5, 0.6) is 0 Å². The number of halogens is 1. The van der Waals surface area contributed by atoms with Gasteiger partial charge >= 0.3 is 0 Å². The van der Waals surface area contributed by atoms with Gasteiger partial charge in [0.05, 0.1) is 16.1 Å². The monoisotopic (exact) mass is 269 g/mol. The summed E-state index contributed by atoms with van der Waals surface area (Å²) in [5.41, 5.74) is 1.02. The summed E-state index contributed by atoms with van der Waals surface area (Å²) < 4.78 is 2.98. The van der Waals surface area contributed by atoms with E-state index in [1.54, 1.807) is 11.3 Å². The molecule has 0 spiro atoms. The molecule has 2 heterocycles. The number of hydrogen-bond donors (Lipinski definition) is 1. The van der Waals surface area contributed by atoms with Gasteiger partial charge in [0.1, 0.15) is 0 Å². The number of nitrogens with zero attached hydrogens (tertiary/aromatic N) is 2. The van der Waals surface area contributed by atoms with Gasteiger partial charge in [-0.25, -0.2) is 4.98 Å². The van der Waals surface area contributed by atoms with E-state index < -0.39 is 0 Å². The second-order valence-corrected chi connectivity index (χ2v) is 5.71. The van der Waals surface area contributed by atoms with Crippen LogP contribution in [0.1, 0.15) is 30.5 Å². The second-order valence-electron chi connectivity index (χ2n) is 3.96. The fraction of sp³-hybridized carbons (Fsp3) is 0.417. The quantitative estimate of drug-likeness (QED) is 0.911. The first kappa shape index (κ1) is 12.5. The van der Waals surface area contributed by atoms with Crippen LogP contribution in [0.3, 0.4) is 0 Å². The first-order chi connectivity index (χ1) is 8.11. The Balaban J connectivity index is 2.32. The van der Waals surface area contributed by atoms with Gasteiger partial charge in [0.2, 0.25) is 5.95 Å². The maximum atomic E-state index is 5.98. The number of aromatic nitrogens is 2. The summed E-state index contributed by atoms with van der Waals surface area (Å²) in [7, 11) is 0. The van der Waals surface area contributed by atoms with Gasteiger partial charge in [-0.2, -0.15) is 0 Å². The van der Waals surface area contributed by atoms with Gasteiger partial charge < -0.3 is 9.88 Å². The average molecular weight is 270 g/mol. The molecule has 3 nitrogen and oxygen atoms in total. The molecule has 17 heavy (non-hydrogen) atoms. The van der Waals surface area contributed by atoms with Crippen molar-refractivity contribution in [1.82, 2.24) is 9.55 Å². The van der Waals surface area contributed by atoms with Crippen molar-refractivity contribution in [2.75, 3.05) is 11.9 Å². The van der Waals surface area contributed by atoms with Crippen LogP contribution in [0.25, 0.3) is 0 Å². The first-order valence-corrected chi connectivity index (χ1v) is 6.85. The molecule has 2 aromatic heterocycles. The predicted molar refractivity (Wildman–Crippen MR) is 74.3 cm³/mol. The smallest absolute Gasteiger partial charge is 0.203 e. The van der Waals surface area contributed by atoms with Crippen molar-refractivity contribution in [3.05, 3.63) is 33.2 Å². The third-order valence-corrected chi connectivity index (χ3v) is 4.01. The fourth-order valence-electron chi connectivity index (χ4n) is 1.79. The highest BCUT2D eigenvalue weighted by Gasteiger charge is 2.14. The Morgan fingerprint density at radius 1 is 1.53 bits per heavy atom. The van der Waals surface area contributed by atoms with E-state index in [0.717, 1.165) is 22.5 Å². The summed E-state index contributed by atoms with van der Waals surface area (Å²) in [4.78, 5) is 5.72. The van der Waals surface area contributed by atoms with Crippen LogP contribution >= 0.6 is 22.9 Å². The minimum absolute atomic E-state index is 0.253. The van der Waals surface area contributed by atoms with Crippen molar-refractivity contribution >= 4 is 28.9 Å². The van der Waals surface area contributed by atoms with Crippen molar-refractivity contribution in [3.8, 4) is 0 Å². The van der Waals surface area contributed by atoms with Crippen molar-refractivity contribution < 1.29 is 0 Å². The number of hydrogen-bond acceptors (Lipinski definition) is 3. The lowest BCUT2D eigenvalue weighted by molar-refractivity contribution is 0.654. The predicted octanol–water partition coefficient (Wildman–Crippen LogP) is 3.95. The van der Waals surface area contributed by atoms with E-state index in [1.807, 2.05) is 13.0 Å². The lowest BCUT2D eigenvalue weighted by Crippen LogP contribution is -2.10. The van der Waals surface area contributed by atoms with Gasteiger partial charge in [0.25, 0.3) is 0 Å². The van der Waals surface area contributed by atoms with E-state index in [4.69, 9.17) is 11.6 Å². The van der Waals surface area contributed by atoms with Crippen molar-refractivity contribution in [2.45, 2.75) is 26.8 Å². The maximum Gasteiger partial charge on any atom is 0.203 e. The van der Waals surface area contributed by atoms with Crippen LogP contribution in [0.2, 0.25) is 4.34 Å². The second kappa shape index (κ2) is 5.10. The topological polar surface area (TPSA) is 29.9 Å². The van der Waals surface area contributed by atoms with Crippen molar-refractivity contribution in [3.63, 3.8) is 0 Å². The number of rotatable bonds is 4. The molecule has 0 saturated carbocycles. The summed E-state index contributed by atoms with van der Waals surface area (Å²) in [5.74, 6) is 0.919. The summed E-state index contributed by atoms with van der Waals surface area (Å²) in [6.07, 6.45) is 2.07. The van der Waals surface area contributed by atoms with Gasteiger partial charge in [0, 0.05) is 17.6 Å². The molecule has 0 aliphatic carbocycles. The van der Waals surface area contributed by atoms with Crippen LogP contribution in [-0.4, -0.2) is 16.1 Å². The zero-order chi connectivity index (χ0) is 12.4. The molecular weight excluding hydrogens is 254 g/mol. The molecule has 0 aromatic carbocycles. The summed E-state index contributed by atoms with van der Waals surface area (Å²) in [6.45, 7) is 7.10. The van der Waals surface area contributed by atoms with E-state index in [-0.39, 0.29) is 6.04 Å². The Morgan fingerprint density at radius 3 is 2.88 bits per heavy atom. The van der Waals surface area contributed by atoms with E-state index >= 15 is 0 Å². The van der Waals surface area contributed by atoms with E-state index in [9.17, 15) is 0 Å².